The third-order valence-corrected chi connectivity index (χ3v) is 2.92. The Kier molecular flexibility index (Phi) is 3.73. The Morgan fingerprint density at radius 1 is 1.23 bits per heavy atom. The van der Waals surface area contributed by atoms with Gasteiger partial charge in [0, 0.05) is 11.6 Å². The van der Waals surface area contributed by atoms with Gasteiger partial charge in [-0.05, 0) is 23.8 Å². The summed E-state index contributed by atoms with van der Waals surface area (Å²) in [5.41, 5.74) is -2.14. The molecule has 2 rings (SSSR count). The molecule has 0 fully saturated rings. The highest BCUT2D eigenvalue weighted by Gasteiger charge is 2.31. The normalized spacial score (nSPS) is 11.0. The van der Waals surface area contributed by atoms with Gasteiger partial charge in [0.25, 0.3) is 0 Å². The second-order valence-corrected chi connectivity index (χ2v) is 4.34. The first-order chi connectivity index (χ1) is 10.2. The Morgan fingerprint density at radius 3 is 2.45 bits per heavy atom. The first-order valence-electron chi connectivity index (χ1n) is 5.83. The topological polar surface area (TPSA) is 87.2 Å². The molecule has 0 saturated carbocycles. The number of phenols is 1. The van der Waals surface area contributed by atoms with Crippen LogP contribution in [0.2, 0.25) is 0 Å². The van der Waals surface area contributed by atoms with Crippen molar-refractivity contribution < 1.29 is 23.2 Å². The van der Waals surface area contributed by atoms with Crippen LogP contribution in [0, 0.1) is 21.4 Å². The van der Waals surface area contributed by atoms with Gasteiger partial charge in [-0.25, -0.2) is 0 Å². The first-order valence-corrected chi connectivity index (χ1v) is 5.83. The van der Waals surface area contributed by atoms with Gasteiger partial charge in [0.05, 0.1) is 22.1 Å². The van der Waals surface area contributed by atoms with E-state index in [0.717, 1.165) is 30.3 Å². The SMILES string of the molecule is N#Cc1cc(-c2cccc(C(F)(F)F)c2)c(O)c([N+](=O)[O-])c1. The number of halogens is 3. The fourth-order valence-electron chi connectivity index (χ4n) is 1.91. The lowest BCUT2D eigenvalue weighted by Gasteiger charge is -2.10. The molecule has 5 nitrogen and oxygen atoms in total. The number of rotatable bonds is 2. The third-order valence-electron chi connectivity index (χ3n) is 2.92. The quantitative estimate of drug-likeness (QED) is 0.674. The van der Waals surface area contributed by atoms with E-state index in [2.05, 4.69) is 0 Å². The molecular weight excluding hydrogens is 301 g/mol. The molecule has 1 N–H and O–H groups in total. The van der Waals surface area contributed by atoms with E-state index < -0.39 is 28.1 Å². The van der Waals surface area contributed by atoms with E-state index in [4.69, 9.17) is 5.26 Å². The van der Waals surface area contributed by atoms with Crippen molar-refractivity contribution >= 4 is 5.69 Å². The maximum Gasteiger partial charge on any atom is 0.416 e. The van der Waals surface area contributed by atoms with E-state index in [1.807, 2.05) is 0 Å². The van der Waals surface area contributed by atoms with Crippen molar-refractivity contribution in [2.75, 3.05) is 0 Å². The monoisotopic (exact) mass is 308 g/mol. The van der Waals surface area contributed by atoms with Gasteiger partial charge in [-0.2, -0.15) is 18.4 Å². The second kappa shape index (κ2) is 5.37. The molecule has 0 aliphatic rings. The van der Waals surface area contributed by atoms with Gasteiger partial charge in [-0.15, -0.1) is 0 Å². The highest BCUT2D eigenvalue weighted by molar-refractivity contribution is 5.77. The van der Waals surface area contributed by atoms with Gasteiger partial charge in [0.15, 0.2) is 0 Å². The van der Waals surface area contributed by atoms with E-state index in [-0.39, 0.29) is 16.7 Å². The highest BCUT2D eigenvalue weighted by Crippen LogP contribution is 2.40. The number of hydrogen-bond acceptors (Lipinski definition) is 4. The van der Waals surface area contributed by atoms with Gasteiger partial charge < -0.3 is 5.11 Å². The summed E-state index contributed by atoms with van der Waals surface area (Å²) in [6.45, 7) is 0. The standard InChI is InChI=1S/C14H7F3N2O3/c15-14(16,17)10-3-1-2-9(6-10)11-4-8(7-18)5-12(13(11)20)19(21)22/h1-6,20H. The summed E-state index contributed by atoms with van der Waals surface area (Å²) >= 11 is 0. The molecule has 0 amide bonds. The molecule has 22 heavy (non-hydrogen) atoms. The number of benzene rings is 2. The van der Waals surface area contributed by atoms with Crippen molar-refractivity contribution in [1.82, 2.24) is 0 Å². The largest absolute Gasteiger partial charge is 0.502 e. The molecule has 8 heteroatoms. The van der Waals surface area contributed by atoms with Crippen LogP contribution in [0.4, 0.5) is 18.9 Å². The molecule has 0 bridgehead atoms. The second-order valence-electron chi connectivity index (χ2n) is 4.34. The van der Waals surface area contributed by atoms with Crippen LogP contribution in [-0.4, -0.2) is 10.0 Å². The van der Waals surface area contributed by atoms with Crippen LogP contribution >= 0.6 is 0 Å². The van der Waals surface area contributed by atoms with Gasteiger partial charge in [-0.1, -0.05) is 12.1 Å². The summed E-state index contributed by atoms with van der Waals surface area (Å²) in [5.74, 6) is -0.789. The predicted molar refractivity (Wildman–Crippen MR) is 69.9 cm³/mol. The van der Waals surface area contributed by atoms with Crippen LogP contribution in [-0.2, 0) is 6.18 Å². The number of phenolic OH excluding ortho intramolecular Hbond substituents is 1. The number of nitro benzene ring substituents is 1. The Balaban J connectivity index is 2.70. The van der Waals surface area contributed by atoms with Crippen LogP contribution in [0.5, 0.6) is 5.75 Å². The summed E-state index contributed by atoms with van der Waals surface area (Å²) in [4.78, 5) is 9.95. The lowest BCUT2D eigenvalue weighted by molar-refractivity contribution is -0.385. The fourth-order valence-corrected chi connectivity index (χ4v) is 1.91. The van der Waals surface area contributed by atoms with Gasteiger partial charge in [0.2, 0.25) is 5.75 Å². The van der Waals surface area contributed by atoms with E-state index in [9.17, 15) is 28.4 Å². The number of alkyl halides is 3. The maximum absolute atomic E-state index is 12.7. The van der Waals surface area contributed by atoms with Crippen molar-refractivity contribution in [3.05, 3.63) is 57.6 Å². The summed E-state index contributed by atoms with van der Waals surface area (Å²) in [7, 11) is 0. The number of aromatic hydroxyl groups is 1. The number of hydrogen-bond donors (Lipinski definition) is 1. The molecule has 0 aliphatic heterocycles. The predicted octanol–water partition coefficient (Wildman–Crippen LogP) is 3.86. The molecule has 0 radical (unpaired) electrons. The van der Waals surface area contributed by atoms with Crippen LogP contribution < -0.4 is 0 Å². The Bertz CT molecular complexity index is 795. The van der Waals surface area contributed by atoms with E-state index in [1.165, 1.54) is 6.07 Å². The zero-order chi connectivity index (χ0) is 16.5. The van der Waals surface area contributed by atoms with Crippen molar-refractivity contribution in [3.8, 4) is 22.9 Å². The molecule has 0 saturated heterocycles. The summed E-state index contributed by atoms with van der Waals surface area (Å²) in [6.07, 6.45) is -4.59. The Labute approximate surface area is 122 Å². The van der Waals surface area contributed by atoms with Crippen LogP contribution in [0.15, 0.2) is 36.4 Å². The van der Waals surface area contributed by atoms with Gasteiger partial charge in [-0.3, -0.25) is 10.1 Å². The zero-order valence-electron chi connectivity index (χ0n) is 10.8. The van der Waals surface area contributed by atoms with Crippen molar-refractivity contribution in [1.29, 1.82) is 5.26 Å². The molecule has 0 heterocycles. The average molecular weight is 308 g/mol. The minimum atomic E-state index is -4.59. The average Bonchev–Trinajstić information content (AvgIpc) is 2.46. The Hall–Kier alpha value is -3.08. The smallest absolute Gasteiger partial charge is 0.416 e. The van der Waals surface area contributed by atoms with Crippen molar-refractivity contribution in [3.63, 3.8) is 0 Å². The minimum absolute atomic E-state index is 0.0764. The fraction of sp³-hybridized carbons (Fsp3) is 0.0714. The third kappa shape index (κ3) is 2.83. The van der Waals surface area contributed by atoms with Crippen LogP contribution in [0.1, 0.15) is 11.1 Å². The molecule has 0 unspecified atom stereocenters. The van der Waals surface area contributed by atoms with E-state index >= 15 is 0 Å². The number of nitriles is 1. The van der Waals surface area contributed by atoms with Crippen LogP contribution in [0.3, 0.4) is 0 Å². The van der Waals surface area contributed by atoms with Crippen molar-refractivity contribution in [2.45, 2.75) is 6.18 Å². The zero-order valence-corrected chi connectivity index (χ0v) is 10.8. The van der Waals surface area contributed by atoms with E-state index in [0.29, 0.717) is 0 Å². The molecule has 2 aromatic carbocycles. The lowest BCUT2D eigenvalue weighted by atomic mass is 9.99. The molecule has 112 valence electrons. The number of nitrogens with zero attached hydrogens (tertiary/aromatic N) is 2. The molecule has 2 aromatic rings. The first kappa shape index (κ1) is 15.3. The highest BCUT2D eigenvalue weighted by atomic mass is 19.4. The molecule has 0 aliphatic carbocycles. The summed E-state index contributed by atoms with van der Waals surface area (Å²) in [6, 6.07) is 7.57. The van der Waals surface area contributed by atoms with Gasteiger partial charge in [0.1, 0.15) is 0 Å². The maximum atomic E-state index is 12.7. The lowest BCUT2D eigenvalue weighted by Crippen LogP contribution is -2.04. The van der Waals surface area contributed by atoms with E-state index in [1.54, 1.807) is 6.07 Å². The minimum Gasteiger partial charge on any atom is -0.502 e. The molecule has 0 aromatic heterocycles. The Morgan fingerprint density at radius 2 is 1.91 bits per heavy atom. The molecule has 0 atom stereocenters. The molecular formula is C14H7F3N2O3. The molecule has 0 spiro atoms. The van der Waals surface area contributed by atoms with Crippen molar-refractivity contribution in [2.24, 2.45) is 0 Å². The van der Waals surface area contributed by atoms with Gasteiger partial charge >= 0.3 is 11.9 Å². The summed E-state index contributed by atoms with van der Waals surface area (Å²) < 4.78 is 38.1. The van der Waals surface area contributed by atoms with Crippen LogP contribution in [0.25, 0.3) is 11.1 Å². The number of nitro groups is 1. The summed E-state index contributed by atoms with van der Waals surface area (Å²) in [5, 5.41) is 29.6.